The van der Waals surface area contributed by atoms with Crippen molar-refractivity contribution >= 4 is 11.9 Å². The highest BCUT2D eigenvalue weighted by Gasteiger charge is 2.18. The first-order valence-electron chi connectivity index (χ1n) is 8.51. The van der Waals surface area contributed by atoms with Crippen molar-refractivity contribution < 1.29 is 4.74 Å². The standard InChI is InChI=1S/C16H29N7O/c1-17-15(19-8-14-24-2)18-7-4-9-22-10-12-23(13-11-22)16-20-5-3-6-21-16/h3,5-6H,4,7-14H2,1-2H3,(H2,17,18,19). The number of methoxy groups -OCH3 is 1. The minimum atomic E-state index is 0.677. The molecule has 2 heterocycles. The molecule has 0 spiro atoms. The van der Waals surface area contributed by atoms with Crippen molar-refractivity contribution in [1.29, 1.82) is 0 Å². The Balaban J connectivity index is 1.58. The summed E-state index contributed by atoms with van der Waals surface area (Å²) in [5.41, 5.74) is 0. The molecule has 2 N–H and O–H groups in total. The first-order chi connectivity index (χ1) is 11.8. The van der Waals surface area contributed by atoms with Gasteiger partial charge in [-0.25, -0.2) is 9.97 Å². The van der Waals surface area contributed by atoms with E-state index in [1.807, 2.05) is 6.07 Å². The molecular weight excluding hydrogens is 306 g/mol. The van der Waals surface area contributed by atoms with E-state index in [0.717, 1.165) is 64.1 Å². The van der Waals surface area contributed by atoms with E-state index in [4.69, 9.17) is 4.74 Å². The number of hydrogen-bond acceptors (Lipinski definition) is 6. The van der Waals surface area contributed by atoms with Crippen LogP contribution in [-0.4, -0.2) is 87.4 Å². The number of nitrogens with zero attached hydrogens (tertiary/aromatic N) is 5. The number of rotatable bonds is 8. The number of guanidine groups is 1. The second-order valence-electron chi connectivity index (χ2n) is 5.65. The third kappa shape index (κ3) is 6.29. The highest BCUT2D eigenvalue weighted by molar-refractivity contribution is 5.79. The van der Waals surface area contributed by atoms with Gasteiger partial charge in [-0.1, -0.05) is 0 Å². The van der Waals surface area contributed by atoms with Gasteiger partial charge in [0.15, 0.2) is 5.96 Å². The molecule has 0 amide bonds. The third-order valence-corrected chi connectivity index (χ3v) is 3.97. The van der Waals surface area contributed by atoms with Gasteiger partial charge in [-0.2, -0.15) is 0 Å². The minimum Gasteiger partial charge on any atom is -0.383 e. The Morgan fingerprint density at radius 1 is 1.17 bits per heavy atom. The number of anilines is 1. The minimum absolute atomic E-state index is 0.677. The molecule has 134 valence electrons. The molecule has 0 aliphatic carbocycles. The highest BCUT2D eigenvalue weighted by atomic mass is 16.5. The lowest BCUT2D eigenvalue weighted by Gasteiger charge is -2.34. The zero-order chi connectivity index (χ0) is 17.0. The van der Waals surface area contributed by atoms with Crippen LogP contribution in [-0.2, 0) is 4.74 Å². The number of aromatic nitrogens is 2. The van der Waals surface area contributed by atoms with E-state index in [9.17, 15) is 0 Å². The molecular formula is C16H29N7O. The Bertz CT molecular complexity index is 475. The van der Waals surface area contributed by atoms with Gasteiger partial charge >= 0.3 is 0 Å². The number of nitrogens with one attached hydrogen (secondary N) is 2. The molecule has 2 rings (SSSR count). The van der Waals surface area contributed by atoms with E-state index in [1.165, 1.54) is 0 Å². The molecule has 0 bridgehead atoms. The van der Waals surface area contributed by atoms with Crippen LogP contribution < -0.4 is 15.5 Å². The summed E-state index contributed by atoms with van der Waals surface area (Å²) in [6.07, 6.45) is 4.69. The van der Waals surface area contributed by atoms with Crippen molar-refractivity contribution in [2.75, 3.05) is 71.5 Å². The average Bonchev–Trinajstić information content (AvgIpc) is 2.65. The summed E-state index contributed by atoms with van der Waals surface area (Å²) in [7, 11) is 3.48. The van der Waals surface area contributed by atoms with Crippen molar-refractivity contribution in [3.8, 4) is 0 Å². The second-order valence-corrected chi connectivity index (χ2v) is 5.65. The van der Waals surface area contributed by atoms with Gasteiger partial charge in [-0.05, 0) is 19.0 Å². The first kappa shape index (κ1) is 18.4. The number of aliphatic imine (C=N–C) groups is 1. The predicted molar refractivity (Wildman–Crippen MR) is 96.5 cm³/mol. The van der Waals surface area contributed by atoms with Crippen LogP contribution in [0.5, 0.6) is 0 Å². The quantitative estimate of drug-likeness (QED) is 0.387. The van der Waals surface area contributed by atoms with Gasteiger partial charge in [0, 0.05) is 65.8 Å². The zero-order valence-electron chi connectivity index (χ0n) is 14.7. The molecule has 1 fully saturated rings. The van der Waals surface area contributed by atoms with Gasteiger partial charge in [-0.15, -0.1) is 0 Å². The van der Waals surface area contributed by atoms with Crippen LogP contribution in [0.4, 0.5) is 5.95 Å². The molecule has 8 nitrogen and oxygen atoms in total. The zero-order valence-corrected chi connectivity index (χ0v) is 14.7. The van der Waals surface area contributed by atoms with Gasteiger partial charge in [-0.3, -0.25) is 9.89 Å². The maximum atomic E-state index is 5.02. The highest BCUT2D eigenvalue weighted by Crippen LogP contribution is 2.09. The van der Waals surface area contributed by atoms with Gasteiger partial charge in [0.2, 0.25) is 5.95 Å². The summed E-state index contributed by atoms with van der Waals surface area (Å²) in [5.74, 6) is 1.67. The molecule has 0 unspecified atom stereocenters. The summed E-state index contributed by atoms with van der Waals surface area (Å²) in [6.45, 7) is 7.52. The fraction of sp³-hybridized carbons (Fsp3) is 0.688. The molecule has 1 aliphatic rings. The molecule has 0 aromatic carbocycles. The summed E-state index contributed by atoms with van der Waals surface area (Å²) in [6, 6.07) is 1.85. The molecule has 0 radical (unpaired) electrons. The second kappa shape index (κ2) is 10.8. The van der Waals surface area contributed by atoms with Gasteiger partial charge < -0.3 is 20.3 Å². The predicted octanol–water partition coefficient (Wildman–Crippen LogP) is -0.200. The van der Waals surface area contributed by atoms with E-state index in [-0.39, 0.29) is 0 Å². The van der Waals surface area contributed by atoms with Crippen LogP contribution in [0.25, 0.3) is 0 Å². The van der Waals surface area contributed by atoms with Crippen molar-refractivity contribution in [1.82, 2.24) is 25.5 Å². The van der Waals surface area contributed by atoms with Crippen molar-refractivity contribution in [3.05, 3.63) is 18.5 Å². The largest absolute Gasteiger partial charge is 0.383 e. The number of ether oxygens (including phenoxy) is 1. The summed E-state index contributed by atoms with van der Waals surface area (Å²) >= 11 is 0. The van der Waals surface area contributed by atoms with Crippen molar-refractivity contribution in [2.45, 2.75) is 6.42 Å². The first-order valence-corrected chi connectivity index (χ1v) is 8.51. The Hall–Kier alpha value is -1.93. The molecule has 0 saturated carbocycles. The topological polar surface area (TPSA) is 77.9 Å². The Morgan fingerprint density at radius 2 is 1.88 bits per heavy atom. The van der Waals surface area contributed by atoms with E-state index in [2.05, 4.69) is 35.4 Å². The van der Waals surface area contributed by atoms with Crippen molar-refractivity contribution in [2.24, 2.45) is 4.99 Å². The van der Waals surface area contributed by atoms with Crippen LogP contribution in [0.15, 0.2) is 23.5 Å². The summed E-state index contributed by atoms with van der Waals surface area (Å²) in [4.78, 5) is 17.6. The molecule has 1 aliphatic heterocycles. The molecule has 24 heavy (non-hydrogen) atoms. The third-order valence-electron chi connectivity index (χ3n) is 3.97. The van der Waals surface area contributed by atoms with Crippen LogP contribution in [0.2, 0.25) is 0 Å². The summed E-state index contributed by atoms with van der Waals surface area (Å²) in [5, 5.41) is 6.54. The molecule has 1 aromatic heterocycles. The van der Waals surface area contributed by atoms with Gasteiger partial charge in [0.1, 0.15) is 0 Å². The molecule has 1 aromatic rings. The maximum absolute atomic E-state index is 5.02. The van der Waals surface area contributed by atoms with Crippen LogP contribution in [0, 0.1) is 0 Å². The Morgan fingerprint density at radius 3 is 2.54 bits per heavy atom. The maximum Gasteiger partial charge on any atom is 0.225 e. The lowest BCUT2D eigenvalue weighted by Crippen LogP contribution is -2.47. The lowest BCUT2D eigenvalue weighted by molar-refractivity contribution is 0.203. The van der Waals surface area contributed by atoms with E-state index < -0.39 is 0 Å². The van der Waals surface area contributed by atoms with Crippen molar-refractivity contribution in [3.63, 3.8) is 0 Å². The smallest absolute Gasteiger partial charge is 0.225 e. The van der Waals surface area contributed by atoms with Gasteiger partial charge in [0.25, 0.3) is 0 Å². The normalized spacial score (nSPS) is 16.2. The fourth-order valence-electron chi connectivity index (χ4n) is 2.63. The molecule has 0 atom stereocenters. The van der Waals surface area contributed by atoms with E-state index in [0.29, 0.717) is 6.61 Å². The average molecular weight is 335 g/mol. The van der Waals surface area contributed by atoms with E-state index in [1.54, 1.807) is 26.6 Å². The number of hydrogen-bond donors (Lipinski definition) is 2. The SMILES string of the molecule is CN=C(NCCCN1CCN(c2ncccn2)CC1)NCCOC. The monoisotopic (exact) mass is 335 g/mol. The number of piperazine rings is 1. The van der Waals surface area contributed by atoms with Crippen LogP contribution in [0.3, 0.4) is 0 Å². The van der Waals surface area contributed by atoms with Gasteiger partial charge in [0.05, 0.1) is 6.61 Å². The lowest BCUT2D eigenvalue weighted by atomic mass is 10.3. The Labute approximate surface area is 144 Å². The van der Waals surface area contributed by atoms with E-state index >= 15 is 0 Å². The Kier molecular flexibility index (Phi) is 8.26. The molecule has 8 heteroatoms. The van der Waals surface area contributed by atoms with Crippen LogP contribution in [0.1, 0.15) is 6.42 Å². The molecule has 1 saturated heterocycles. The fourth-order valence-corrected chi connectivity index (χ4v) is 2.63. The summed E-state index contributed by atoms with van der Waals surface area (Å²) < 4.78 is 5.02. The van der Waals surface area contributed by atoms with Crippen LogP contribution >= 0.6 is 0 Å².